The van der Waals surface area contributed by atoms with Crippen molar-refractivity contribution < 1.29 is 9.90 Å². The third kappa shape index (κ3) is 2.45. The van der Waals surface area contributed by atoms with E-state index in [1.165, 1.54) is 0 Å². The van der Waals surface area contributed by atoms with E-state index in [0.29, 0.717) is 6.54 Å². The summed E-state index contributed by atoms with van der Waals surface area (Å²) in [5, 5.41) is 12.1. The molecule has 0 radical (unpaired) electrons. The second-order valence-corrected chi connectivity index (χ2v) is 5.03. The maximum absolute atomic E-state index is 11.7. The van der Waals surface area contributed by atoms with E-state index in [1.807, 2.05) is 30.0 Å². The van der Waals surface area contributed by atoms with E-state index in [-0.39, 0.29) is 12.5 Å². The molecule has 0 aromatic heterocycles. The third-order valence-corrected chi connectivity index (χ3v) is 3.47. The van der Waals surface area contributed by atoms with Gasteiger partial charge in [-0.15, -0.1) is 0 Å². The van der Waals surface area contributed by atoms with Crippen LogP contribution >= 0.6 is 15.9 Å². The molecule has 2 rings (SSSR count). The molecule has 1 aromatic carbocycles. The number of aryl methyl sites for hydroxylation is 1. The zero-order chi connectivity index (χ0) is 12.4. The second-order valence-electron chi connectivity index (χ2n) is 4.11. The summed E-state index contributed by atoms with van der Waals surface area (Å²) in [6, 6.07) is 5.45. The lowest BCUT2D eigenvalue weighted by atomic mass is 10.1. The van der Waals surface area contributed by atoms with Crippen molar-refractivity contribution >= 4 is 27.5 Å². The van der Waals surface area contributed by atoms with Crippen molar-refractivity contribution in [3.8, 4) is 0 Å². The fourth-order valence-electron chi connectivity index (χ4n) is 2.13. The number of halogens is 1. The van der Waals surface area contributed by atoms with Gasteiger partial charge in [0.25, 0.3) is 0 Å². The third-order valence-electron chi connectivity index (χ3n) is 2.97. The number of hydrogen-bond acceptors (Lipinski definition) is 3. The maximum Gasteiger partial charge on any atom is 0.245 e. The van der Waals surface area contributed by atoms with Crippen molar-refractivity contribution in [1.29, 1.82) is 0 Å². The van der Waals surface area contributed by atoms with E-state index >= 15 is 0 Å². The molecule has 1 heterocycles. The number of piperazine rings is 1. The number of anilines is 1. The first kappa shape index (κ1) is 12.4. The second kappa shape index (κ2) is 5.06. The molecule has 92 valence electrons. The van der Waals surface area contributed by atoms with Crippen molar-refractivity contribution in [2.45, 2.75) is 13.0 Å². The highest BCUT2D eigenvalue weighted by Crippen LogP contribution is 2.26. The molecule has 1 aromatic rings. The van der Waals surface area contributed by atoms with Gasteiger partial charge in [0, 0.05) is 23.2 Å². The maximum atomic E-state index is 11.7. The van der Waals surface area contributed by atoms with Crippen LogP contribution < -0.4 is 10.2 Å². The van der Waals surface area contributed by atoms with E-state index in [4.69, 9.17) is 0 Å². The Labute approximate surface area is 109 Å². The van der Waals surface area contributed by atoms with E-state index in [0.717, 1.165) is 22.3 Å². The molecule has 1 amide bonds. The molecule has 1 unspecified atom stereocenters. The molecule has 0 aliphatic carbocycles. The van der Waals surface area contributed by atoms with Gasteiger partial charge in [-0.25, -0.2) is 0 Å². The molecular weight excluding hydrogens is 284 g/mol. The Morgan fingerprint density at radius 2 is 2.35 bits per heavy atom. The molecule has 0 saturated carbocycles. The number of aliphatic hydroxyl groups is 1. The van der Waals surface area contributed by atoms with Crippen molar-refractivity contribution in [2.24, 2.45) is 0 Å². The summed E-state index contributed by atoms with van der Waals surface area (Å²) >= 11 is 3.42. The van der Waals surface area contributed by atoms with E-state index in [9.17, 15) is 9.90 Å². The summed E-state index contributed by atoms with van der Waals surface area (Å²) in [7, 11) is 0. The average Bonchev–Trinajstić information content (AvgIpc) is 2.29. The molecule has 17 heavy (non-hydrogen) atoms. The average molecular weight is 299 g/mol. The molecule has 0 spiro atoms. The van der Waals surface area contributed by atoms with E-state index in [2.05, 4.69) is 21.2 Å². The highest BCUT2D eigenvalue weighted by Gasteiger charge is 2.29. The zero-order valence-electron chi connectivity index (χ0n) is 9.61. The summed E-state index contributed by atoms with van der Waals surface area (Å²) in [6.45, 7) is 3.17. The number of amides is 1. The molecule has 4 nitrogen and oxygen atoms in total. The molecule has 1 aliphatic heterocycles. The van der Waals surface area contributed by atoms with Gasteiger partial charge in [0.1, 0.15) is 6.04 Å². The van der Waals surface area contributed by atoms with Gasteiger partial charge in [0.2, 0.25) is 5.91 Å². The lowest BCUT2D eigenvalue weighted by Gasteiger charge is -2.36. The number of rotatable bonds is 2. The Bertz CT molecular complexity index is 437. The van der Waals surface area contributed by atoms with Gasteiger partial charge in [0.05, 0.1) is 6.61 Å². The molecule has 1 atom stereocenters. The van der Waals surface area contributed by atoms with Crippen LogP contribution in [-0.2, 0) is 4.79 Å². The van der Waals surface area contributed by atoms with Gasteiger partial charge in [-0.1, -0.05) is 15.9 Å². The summed E-state index contributed by atoms with van der Waals surface area (Å²) in [4.78, 5) is 13.6. The quantitative estimate of drug-likeness (QED) is 0.858. The Morgan fingerprint density at radius 3 is 3.00 bits per heavy atom. The van der Waals surface area contributed by atoms with Crippen LogP contribution in [0.3, 0.4) is 0 Å². The van der Waals surface area contributed by atoms with E-state index < -0.39 is 6.04 Å². The lowest BCUT2D eigenvalue weighted by Crippen LogP contribution is -2.57. The van der Waals surface area contributed by atoms with Crippen molar-refractivity contribution in [1.82, 2.24) is 5.32 Å². The molecule has 5 heteroatoms. The molecule has 1 saturated heterocycles. The minimum Gasteiger partial charge on any atom is -0.394 e. The standard InChI is InChI=1S/C12H15BrN2O2/c1-8-6-9(13)2-3-10(8)15-5-4-14-12(17)11(15)7-16/h2-3,6,11,16H,4-5,7H2,1H3,(H,14,17). The Morgan fingerprint density at radius 1 is 1.59 bits per heavy atom. The fraction of sp³-hybridized carbons (Fsp3) is 0.417. The molecule has 2 N–H and O–H groups in total. The van der Waals surface area contributed by atoms with Crippen LogP contribution in [0.5, 0.6) is 0 Å². The predicted octanol–water partition coefficient (Wildman–Crippen LogP) is 1.05. The van der Waals surface area contributed by atoms with Gasteiger partial charge in [0.15, 0.2) is 0 Å². The lowest BCUT2D eigenvalue weighted by molar-refractivity contribution is -0.124. The Kier molecular flexibility index (Phi) is 3.69. The number of hydrogen-bond donors (Lipinski definition) is 2. The molecule has 0 bridgehead atoms. The SMILES string of the molecule is Cc1cc(Br)ccc1N1CCNC(=O)C1CO. The zero-order valence-corrected chi connectivity index (χ0v) is 11.2. The summed E-state index contributed by atoms with van der Waals surface area (Å²) in [6.07, 6.45) is 0. The Hall–Kier alpha value is -1.07. The smallest absolute Gasteiger partial charge is 0.245 e. The van der Waals surface area contributed by atoms with Crippen LogP contribution in [0.2, 0.25) is 0 Å². The number of nitrogens with one attached hydrogen (secondary N) is 1. The van der Waals surface area contributed by atoms with Crippen LogP contribution in [0.4, 0.5) is 5.69 Å². The Balaban J connectivity index is 2.33. The van der Waals surface area contributed by atoms with Crippen LogP contribution in [-0.4, -0.2) is 36.8 Å². The first-order valence-corrected chi connectivity index (χ1v) is 6.34. The highest BCUT2D eigenvalue weighted by atomic mass is 79.9. The first-order chi connectivity index (χ1) is 8.13. The number of carbonyl (C=O) groups excluding carboxylic acids is 1. The first-order valence-electron chi connectivity index (χ1n) is 5.55. The largest absolute Gasteiger partial charge is 0.394 e. The van der Waals surface area contributed by atoms with Gasteiger partial charge in [-0.05, 0) is 30.7 Å². The van der Waals surface area contributed by atoms with Crippen LogP contribution in [0.25, 0.3) is 0 Å². The van der Waals surface area contributed by atoms with Gasteiger partial charge in [-0.3, -0.25) is 4.79 Å². The summed E-state index contributed by atoms with van der Waals surface area (Å²) in [5.41, 5.74) is 2.09. The molecular formula is C12H15BrN2O2. The van der Waals surface area contributed by atoms with Crippen molar-refractivity contribution in [3.05, 3.63) is 28.2 Å². The van der Waals surface area contributed by atoms with Gasteiger partial charge < -0.3 is 15.3 Å². The van der Waals surface area contributed by atoms with Crippen LogP contribution in [0, 0.1) is 6.92 Å². The summed E-state index contributed by atoms with van der Waals surface area (Å²) < 4.78 is 1.01. The number of carbonyl (C=O) groups is 1. The van der Waals surface area contributed by atoms with Crippen LogP contribution in [0.1, 0.15) is 5.56 Å². The monoisotopic (exact) mass is 298 g/mol. The molecule has 1 aliphatic rings. The number of nitrogens with zero attached hydrogens (tertiary/aromatic N) is 1. The van der Waals surface area contributed by atoms with Crippen molar-refractivity contribution in [3.63, 3.8) is 0 Å². The predicted molar refractivity (Wildman–Crippen MR) is 70.1 cm³/mol. The highest BCUT2D eigenvalue weighted by molar-refractivity contribution is 9.10. The number of aliphatic hydroxyl groups excluding tert-OH is 1. The normalized spacial score (nSPS) is 20.3. The van der Waals surface area contributed by atoms with Crippen LogP contribution in [0.15, 0.2) is 22.7 Å². The van der Waals surface area contributed by atoms with Gasteiger partial charge in [-0.2, -0.15) is 0 Å². The van der Waals surface area contributed by atoms with E-state index in [1.54, 1.807) is 0 Å². The van der Waals surface area contributed by atoms with Crippen molar-refractivity contribution in [2.75, 3.05) is 24.6 Å². The number of benzene rings is 1. The minimum atomic E-state index is -0.483. The fourth-order valence-corrected chi connectivity index (χ4v) is 2.60. The topological polar surface area (TPSA) is 52.6 Å². The minimum absolute atomic E-state index is 0.110. The molecule has 1 fully saturated rings. The summed E-state index contributed by atoms with van der Waals surface area (Å²) in [5.74, 6) is -0.110. The van der Waals surface area contributed by atoms with Gasteiger partial charge >= 0.3 is 0 Å².